The molecule has 0 N–H and O–H groups in total. The molecular weight excluding hydrogens is 284 g/mol. The van der Waals surface area contributed by atoms with Gasteiger partial charge < -0.3 is 0 Å². The van der Waals surface area contributed by atoms with Crippen molar-refractivity contribution in [1.82, 2.24) is 8.75 Å². The Hall–Kier alpha value is -1.91. The van der Waals surface area contributed by atoms with Gasteiger partial charge in [-0.1, -0.05) is 35.9 Å². The summed E-state index contributed by atoms with van der Waals surface area (Å²) in [7, 11) is 2.85. The van der Waals surface area contributed by atoms with Gasteiger partial charge >= 0.3 is 21.1 Å². The number of hydrogen-bond acceptors (Lipinski definition) is 3. The summed E-state index contributed by atoms with van der Waals surface area (Å²) >= 11 is 0. The standard InChI is InChI=1S/C16H11N2S2/c1-10-2-3-11-8-15-9-13(16-17-19-20-18-16)5-4-12(15)7-14(11)6-10/h2-9H,1H3/q+1. The fraction of sp³-hybridized carbons (Fsp3) is 0.0625. The summed E-state index contributed by atoms with van der Waals surface area (Å²) < 4.78 is 8.63. The van der Waals surface area contributed by atoms with E-state index in [1.807, 2.05) is 0 Å². The number of rotatable bonds is 1. The minimum absolute atomic E-state index is 0.825. The van der Waals surface area contributed by atoms with Gasteiger partial charge in [0.05, 0.1) is 4.37 Å². The van der Waals surface area contributed by atoms with E-state index in [1.165, 1.54) is 48.2 Å². The Morgan fingerprint density at radius 2 is 1.60 bits per heavy atom. The zero-order valence-electron chi connectivity index (χ0n) is 10.8. The molecule has 0 saturated carbocycles. The lowest BCUT2D eigenvalue weighted by Gasteiger charge is -2.04. The third-order valence-electron chi connectivity index (χ3n) is 3.49. The van der Waals surface area contributed by atoms with E-state index in [4.69, 9.17) is 0 Å². The molecular formula is C16H11N2S2+. The zero-order chi connectivity index (χ0) is 13.5. The lowest BCUT2D eigenvalue weighted by Crippen LogP contribution is -1.82. The second kappa shape index (κ2) is 4.58. The van der Waals surface area contributed by atoms with E-state index in [2.05, 4.69) is 64.2 Å². The van der Waals surface area contributed by atoms with E-state index in [0.29, 0.717) is 0 Å². The molecule has 4 rings (SSSR count). The van der Waals surface area contributed by atoms with Crippen LogP contribution in [-0.2, 0) is 0 Å². The molecule has 0 aliphatic rings. The Kier molecular flexibility index (Phi) is 2.72. The summed E-state index contributed by atoms with van der Waals surface area (Å²) in [6.07, 6.45) is 0. The first-order valence-corrected chi connectivity index (χ1v) is 8.42. The number of fused-ring (bicyclic) bond motifs is 2. The van der Waals surface area contributed by atoms with Gasteiger partial charge in [0.1, 0.15) is 0 Å². The lowest BCUT2D eigenvalue weighted by molar-refractivity contribution is 1.39. The highest BCUT2D eigenvalue weighted by Crippen LogP contribution is 2.27. The number of hydrogen-bond donors (Lipinski definition) is 0. The van der Waals surface area contributed by atoms with Crippen LogP contribution in [0.1, 0.15) is 5.56 Å². The van der Waals surface area contributed by atoms with Gasteiger partial charge in [0.15, 0.2) is 0 Å². The van der Waals surface area contributed by atoms with Gasteiger partial charge in [0, 0.05) is 5.56 Å². The third-order valence-corrected chi connectivity index (χ3v) is 4.70. The minimum atomic E-state index is 0.825. The van der Waals surface area contributed by atoms with E-state index in [0.717, 1.165) is 11.4 Å². The summed E-state index contributed by atoms with van der Waals surface area (Å²) in [5.74, 6) is 0.825. The molecule has 0 amide bonds. The molecule has 0 unspecified atom stereocenters. The number of benzene rings is 3. The van der Waals surface area contributed by atoms with Crippen LogP contribution in [0.4, 0.5) is 0 Å². The molecule has 0 spiro atoms. The monoisotopic (exact) mass is 295 g/mol. The normalized spacial score (nSPS) is 11.2. The fourth-order valence-electron chi connectivity index (χ4n) is 2.48. The van der Waals surface area contributed by atoms with Crippen molar-refractivity contribution in [2.24, 2.45) is 0 Å². The first kappa shape index (κ1) is 11.9. The number of aryl methyl sites for hydroxylation is 1. The second-order valence-electron chi connectivity index (χ2n) is 4.92. The molecule has 1 aromatic heterocycles. The van der Waals surface area contributed by atoms with Gasteiger partial charge in [0.2, 0.25) is 5.82 Å². The van der Waals surface area contributed by atoms with Crippen LogP contribution in [0.2, 0.25) is 0 Å². The first-order chi connectivity index (χ1) is 9.79. The van der Waals surface area contributed by atoms with Crippen molar-refractivity contribution in [3.63, 3.8) is 0 Å². The SMILES string of the molecule is Cc1ccc2cc3cc(-c4ns[s+]n4)ccc3cc2c1. The summed E-state index contributed by atoms with van der Waals surface area (Å²) in [5, 5.41) is 5.05. The highest BCUT2D eigenvalue weighted by atomic mass is 32.9. The van der Waals surface area contributed by atoms with Crippen LogP contribution in [0.5, 0.6) is 0 Å². The zero-order valence-corrected chi connectivity index (χ0v) is 12.5. The molecule has 0 atom stereocenters. The van der Waals surface area contributed by atoms with Crippen LogP contribution in [-0.4, -0.2) is 8.75 Å². The molecule has 4 heteroatoms. The predicted molar refractivity (Wildman–Crippen MR) is 87.4 cm³/mol. The van der Waals surface area contributed by atoms with Gasteiger partial charge in [-0.05, 0) is 46.7 Å². The second-order valence-corrected chi connectivity index (χ2v) is 6.48. The maximum absolute atomic E-state index is 4.32. The highest BCUT2D eigenvalue weighted by Gasteiger charge is 2.10. The Morgan fingerprint density at radius 1 is 0.850 bits per heavy atom. The topological polar surface area (TPSA) is 25.8 Å². The summed E-state index contributed by atoms with van der Waals surface area (Å²) in [5.41, 5.74) is 2.38. The molecule has 0 aliphatic carbocycles. The molecule has 0 fully saturated rings. The van der Waals surface area contributed by atoms with Crippen molar-refractivity contribution < 1.29 is 0 Å². The van der Waals surface area contributed by atoms with Crippen LogP contribution in [0.3, 0.4) is 0 Å². The first-order valence-electron chi connectivity index (χ1n) is 6.36. The highest BCUT2D eigenvalue weighted by molar-refractivity contribution is 7.64. The van der Waals surface area contributed by atoms with Gasteiger partial charge in [-0.3, -0.25) is 0 Å². The molecule has 0 bridgehead atoms. The maximum atomic E-state index is 4.32. The van der Waals surface area contributed by atoms with Gasteiger partial charge in [-0.2, -0.15) is 0 Å². The summed E-state index contributed by atoms with van der Waals surface area (Å²) in [6, 6.07) is 17.5. The van der Waals surface area contributed by atoms with E-state index < -0.39 is 0 Å². The van der Waals surface area contributed by atoms with Crippen LogP contribution in [0.15, 0.2) is 48.5 Å². The van der Waals surface area contributed by atoms with Crippen LogP contribution in [0, 0.1) is 6.92 Å². The molecule has 0 saturated heterocycles. The van der Waals surface area contributed by atoms with Crippen molar-refractivity contribution in [1.29, 1.82) is 0 Å². The average molecular weight is 295 g/mol. The summed E-state index contributed by atoms with van der Waals surface area (Å²) in [4.78, 5) is 0. The quantitative estimate of drug-likeness (QED) is 0.275. The van der Waals surface area contributed by atoms with Crippen molar-refractivity contribution in [2.75, 3.05) is 0 Å². The van der Waals surface area contributed by atoms with Crippen molar-refractivity contribution >= 4 is 42.6 Å². The average Bonchev–Trinajstić information content (AvgIpc) is 2.98. The molecule has 0 radical (unpaired) electrons. The van der Waals surface area contributed by atoms with E-state index >= 15 is 0 Å². The molecule has 0 aliphatic heterocycles. The van der Waals surface area contributed by atoms with E-state index in [1.54, 1.807) is 0 Å². The number of nitrogens with zero attached hydrogens (tertiary/aromatic N) is 2. The Balaban J connectivity index is 1.98. The number of aromatic nitrogens is 2. The van der Waals surface area contributed by atoms with E-state index in [9.17, 15) is 0 Å². The van der Waals surface area contributed by atoms with Crippen molar-refractivity contribution in [3.8, 4) is 11.4 Å². The Labute approximate surface area is 124 Å². The largest absolute Gasteiger partial charge is 0.462 e. The summed E-state index contributed by atoms with van der Waals surface area (Å²) in [6.45, 7) is 2.13. The fourth-order valence-corrected chi connectivity index (χ4v) is 3.66. The Morgan fingerprint density at radius 3 is 2.35 bits per heavy atom. The molecule has 20 heavy (non-hydrogen) atoms. The van der Waals surface area contributed by atoms with Gasteiger partial charge in [0.25, 0.3) is 0 Å². The maximum Gasteiger partial charge on any atom is 0.462 e. The molecule has 4 aromatic rings. The molecule has 1 heterocycles. The Bertz CT molecular complexity index is 914. The van der Waals surface area contributed by atoms with Crippen LogP contribution in [0.25, 0.3) is 32.9 Å². The molecule has 3 aromatic carbocycles. The van der Waals surface area contributed by atoms with Crippen LogP contribution >= 0.6 is 21.1 Å². The lowest BCUT2D eigenvalue weighted by atomic mass is 10.0. The van der Waals surface area contributed by atoms with Gasteiger partial charge in [-0.15, -0.1) is 4.37 Å². The molecule has 96 valence electrons. The predicted octanol–water partition coefficient (Wildman–Crippen LogP) is 5.16. The van der Waals surface area contributed by atoms with Crippen LogP contribution < -0.4 is 0 Å². The van der Waals surface area contributed by atoms with Crippen molar-refractivity contribution in [2.45, 2.75) is 6.92 Å². The van der Waals surface area contributed by atoms with Crippen molar-refractivity contribution in [3.05, 3.63) is 54.1 Å². The third kappa shape index (κ3) is 1.97. The smallest absolute Gasteiger partial charge is 0.112 e. The molecule has 2 nitrogen and oxygen atoms in total. The van der Waals surface area contributed by atoms with E-state index in [-0.39, 0.29) is 0 Å². The van der Waals surface area contributed by atoms with Gasteiger partial charge in [-0.25, -0.2) is 0 Å². The minimum Gasteiger partial charge on any atom is -0.112 e.